The molecule has 0 unspecified atom stereocenters. The monoisotopic (exact) mass is 181 g/mol. The molecule has 0 aromatic rings. The van der Waals surface area contributed by atoms with Crippen molar-refractivity contribution in [2.75, 3.05) is 13.7 Å². The van der Waals surface area contributed by atoms with Crippen molar-refractivity contribution in [1.82, 2.24) is 0 Å². The Morgan fingerprint density at radius 3 is 2.31 bits per heavy atom. The van der Waals surface area contributed by atoms with Crippen LogP contribution in [0.15, 0.2) is 28.3 Å². The molecule has 0 atom stereocenters. The first-order chi connectivity index (χ1) is 6.15. The fraction of sp³-hybridized carbons (Fsp3) is 0.545. The second kappa shape index (κ2) is 6.61. The lowest BCUT2D eigenvalue weighted by Gasteiger charge is -2.00. The van der Waals surface area contributed by atoms with Crippen molar-refractivity contribution in [3.63, 3.8) is 0 Å². The van der Waals surface area contributed by atoms with Crippen molar-refractivity contribution in [3.8, 4) is 0 Å². The topological polar surface area (TPSA) is 32.6 Å². The van der Waals surface area contributed by atoms with Crippen LogP contribution in [0.1, 0.15) is 27.2 Å². The number of aliphatic hydroxyl groups is 1. The standard InChI is InChI=1S/C11H19NO/c1-5-9(2)6-7-11(8-13)10(3)12-4/h6-7,13H,5,8H2,1-4H3. The zero-order chi connectivity index (χ0) is 10.3. The van der Waals surface area contributed by atoms with Gasteiger partial charge in [0.15, 0.2) is 0 Å². The van der Waals surface area contributed by atoms with E-state index >= 15 is 0 Å². The summed E-state index contributed by atoms with van der Waals surface area (Å²) in [5.74, 6) is 0. The Labute approximate surface area is 80.7 Å². The van der Waals surface area contributed by atoms with E-state index in [2.05, 4.69) is 18.8 Å². The third-order valence-electron chi connectivity index (χ3n) is 2.10. The van der Waals surface area contributed by atoms with Crippen LogP contribution in [0.4, 0.5) is 0 Å². The highest BCUT2D eigenvalue weighted by atomic mass is 16.3. The van der Waals surface area contributed by atoms with Crippen LogP contribution in [0.2, 0.25) is 0 Å². The normalized spacial score (nSPS) is 15.0. The molecule has 0 saturated heterocycles. The van der Waals surface area contributed by atoms with E-state index in [0.717, 1.165) is 17.7 Å². The van der Waals surface area contributed by atoms with E-state index in [1.165, 1.54) is 5.57 Å². The summed E-state index contributed by atoms with van der Waals surface area (Å²) in [5.41, 5.74) is 3.08. The SMILES string of the molecule is CCC(C)=CC=C(CO)C(C)=NC. The largest absolute Gasteiger partial charge is 0.392 e. The van der Waals surface area contributed by atoms with Crippen LogP contribution in [0.25, 0.3) is 0 Å². The zero-order valence-electron chi connectivity index (χ0n) is 8.96. The van der Waals surface area contributed by atoms with Gasteiger partial charge in [0.1, 0.15) is 0 Å². The van der Waals surface area contributed by atoms with Crippen LogP contribution >= 0.6 is 0 Å². The molecular formula is C11H19NO. The predicted octanol–water partition coefficient (Wildman–Crippen LogP) is 2.35. The van der Waals surface area contributed by atoms with E-state index in [4.69, 9.17) is 5.11 Å². The molecule has 0 aromatic carbocycles. The van der Waals surface area contributed by atoms with Crippen LogP contribution in [0, 0.1) is 0 Å². The van der Waals surface area contributed by atoms with Gasteiger partial charge in [0, 0.05) is 12.8 Å². The number of allylic oxidation sites excluding steroid dienone is 3. The maximum absolute atomic E-state index is 9.03. The number of nitrogens with zero attached hydrogens (tertiary/aromatic N) is 1. The molecule has 0 saturated carbocycles. The molecule has 0 amide bonds. The first-order valence-electron chi connectivity index (χ1n) is 4.56. The Morgan fingerprint density at radius 2 is 1.92 bits per heavy atom. The summed E-state index contributed by atoms with van der Waals surface area (Å²) >= 11 is 0. The summed E-state index contributed by atoms with van der Waals surface area (Å²) in [6.07, 6.45) is 5.00. The minimum atomic E-state index is 0.0522. The van der Waals surface area contributed by atoms with E-state index in [1.54, 1.807) is 7.05 Å². The number of hydrogen-bond acceptors (Lipinski definition) is 2. The second-order valence-electron chi connectivity index (χ2n) is 3.03. The first kappa shape index (κ1) is 12.1. The molecule has 0 spiro atoms. The van der Waals surface area contributed by atoms with Gasteiger partial charge in [-0.05, 0) is 25.8 Å². The maximum atomic E-state index is 9.03. The van der Waals surface area contributed by atoms with Gasteiger partial charge in [-0.25, -0.2) is 0 Å². The summed E-state index contributed by atoms with van der Waals surface area (Å²) in [6.45, 7) is 6.14. The fourth-order valence-corrected chi connectivity index (χ4v) is 0.792. The van der Waals surface area contributed by atoms with Gasteiger partial charge in [-0.2, -0.15) is 0 Å². The van der Waals surface area contributed by atoms with E-state index < -0.39 is 0 Å². The summed E-state index contributed by atoms with van der Waals surface area (Å²) in [7, 11) is 1.73. The van der Waals surface area contributed by atoms with E-state index in [-0.39, 0.29) is 6.61 Å². The summed E-state index contributed by atoms with van der Waals surface area (Å²) < 4.78 is 0. The van der Waals surface area contributed by atoms with Crippen molar-refractivity contribution in [2.24, 2.45) is 4.99 Å². The molecule has 1 N–H and O–H groups in total. The van der Waals surface area contributed by atoms with E-state index in [9.17, 15) is 0 Å². The van der Waals surface area contributed by atoms with E-state index in [0.29, 0.717) is 0 Å². The molecule has 2 nitrogen and oxygen atoms in total. The van der Waals surface area contributed by atoms with Crippen LogP contribution in [0.3, 0.4) is 0 Å². The van der Waals surface area contributed by atoms with Crippen LogP contribution < -0.4 is 0 Å². The first-order valence-corrected chi connectivity index (χ1v) is 4.56. The highest BCUT2D eigenvalue weighted by molar-refractivity contribution is 5.98. The molecule has 0 fully saturated rings. The summed E-state index contributed by atoms with van der Waals surface area (Å²) in [5, 5.41) is 9.03. The van der Waals surface area contributed by atoms with Crippen molar-refractivity contribution >= 4 is 5.71 Å². The van der Waals surface area contributed by atoms with Gasteiger partial charge in [0.05, 0.1) is 6.61 Å². The highest BCUT2D eigenvalue weighted by Gasteiger charge is 1.96. The lowest BCUT2D eigenvalue weighted by atomic mass is 10.1. The zero-order valence-corrected chi connectivity index (χ0v) is 8.96. The molecule has 0 aliphatic heterocycles. The second-order valence-corrected chi connectivity index (χ2v) is 3.03. The minimum Gasteiger partial charge on any atom is -0.392 e. The third kappa shape index (κ3) is 4.63. The quantitative estimate of drug-likeness (QED) is 0.524. The Balaban J connectivity index is 4.58. The molecule has 13 heavy (non-hydrogen) atoms. The Hall–Kier alpha value is -0.890. The Bertz CT molecular complexity index is 236. The number of hydrogen-bond donors (Lipinski definition) is 1. The van der Waals surface area contributed by atoms with Gasteiger partial charge in [-0.15, -0.1) is 0 Å². The molecule has 0 heterocycles. The van der Waals surface area contributed by atoms with Gasteiger partial charge >= 0.3 is 0 Å². The van der Waals surface area contributed by atoms with Crippen molar-refractivity contribution in [1.29, 1.82) is 0 Å². The van der Waals surface area contributed by atoms with Gasteiger partial charge in [-0.3, -0.25) is 4.99 Å². The average molecular weight is 181 g/mol. The van der Waals surface area contributed by atoms with Crippen LogP contribution in [-0.4, -0.2) is 24.5 Å². The Kier molecular flexibility index (Phi) is 6.15. The lowest BCUT2D eigenvalue weighted by Crippen LogP contribution is -2.01. The van der Waals surface area contributed by atoms with Gasteiger partial charge in [0.2, 0.25) is 0 Å². The van der Waals surface area contributed by atoms with Crippen LogP contribution in [0.5, 0.6) is 0 Å². The molecule has 0 radical (unpaired) electrons. The number of aliphatic imine (C=N–C) groups is 1. The molecular weight excluding hydrogens is 162 g/mol. The molecule has 0 aromatic heterocycles. The fourth-order valence-electron chi connectivity index (χ4n) is 0.792. The van der Waals surface area contributed by atoms with E-state index in [1.807, 2.05) is 19.1 Å². The minimum absolute atomic E-state index is 0.0522. The maximum Gasteiger partial charge on any atom is 0.0699 e. The van der Waals surface area contributed by atoms with Crippen molar-refractivity contribution in [2.45, 2.75) is 27.2 Å². The van der Waals surface area contributed by atoms with Gasteiger partial charge in [0.25, 0.3) is 0 Å². The average Bonchev–Trinajstić information content (AvgIpc) is 2.17. The lowest BCUT2D eigenvalue weighted by molar-refractivity contribution is 0.337. The molecule has 0 aliphatic rings. The Morgan fingerprint density at radius 1 is 1.31 bits per heavy atom. The van der Waals surface area contributed by atoms with Gasteiger partial charge in [-0.1, -0.05) is 24.6 Å². The van der Waals surface area contributed by atoms with Gasteiger partial charge < -0.3 is 5.11 Å². The van der Waals surface area contributed by atoms with Crippen molar-refractivity contribution < 1.29 is 5.11 Å². The molecule has 74 valence electrons. The summed E-state index contributed by atoms with van der Waals surface area (Å²) in [6, 6.07) is 0. The summed E-state index contributed by atoms with van der Waals surface area (Å²) in [4.78, 5) is 4.02. The molecule has 2 heteroatoms. The van der Waals surface area contributed by atoms with Crippen LogP contribution in [-0.2, 0) is 0 Å². The number of aliphatic hydroxyl groups excluding tert-OH is 1. The van der Waals surface area contributed by atoms with Crippen molar-refractivity contribution in [3.05, 3.63) is 23.3 Å². The number of rotatable bonds is 4. The molecule has 0 bridgehead atoms. The predicted molar refractivity (Wildman–Crippen MR) is 58.2 cm³/mol. The molecule has 0 rings (SSSR count). The smallest absolute Gasteiger partial charge is 0.0699 e. The third-order valence-corrected chi connectivity index (χ3v) is 2.10. The highest BCUT2D eigenvalue weighted by Crippen LogP contribution is 2.02. The molecule has 0 aliphatic carbocycles.